The summed E-state index contributed by atoms with van der Waals surface area (Å²) in [5, 5.41) is 18.0. The molecule has 0 saturated carbocycles. The van der Waals surface area contributed by atoms with Crippen molar-refractivity contribution in [2.24, 2.45) is 22.4 Å². The van der Waals surface area contributed by atoms with Crippen molar-refractivity contribution in [2.45, 2.75) is 52.9 Å². The van der Waals surface area contributed by atoms with Crippen LogP contribution < -0.4 is 17.0 Å². The molecule has 3 fully saturated rings. The Hall–Kier alpha value is -7.84. The Balaban J connectivity index is 0.000000475. The van der Waals surface area contributed by atoms with E-state index in [1.54, 1.807) is 58.3 Å². The molecule has 0 atom stereocenters. The van der Waals surface area contributed by atoms with Crippen molar-refractivity contribution < 1.29 is 33.0 Å². The number of aromatic amines is 1. The average molecular weight is 1130 g/mol. The Labute approximate surface area is 478 Å². The van der Waals surface area contributed by atoms with Gasteiger partial charge in [0.05, 0.1) is 47.7 Å². The van der Waals surface area contributed by atoms with Gasteiger partial charge in [-0.05, 0) is 97.3 Å². The van der Waals surface area contributed by atoms with Crippen LogP contribution in [0.2, 0.25) is 0 Å². The van der Waals surface area contributed by atoms with E-state index in [1.807, 2.05) is 36.4 Å². The van der Waals surface area contributed by atoms with Gasteiger partial charge in [0.25, 0.3) is 17.4 Å². The number of hydrogen-bond acceptors (Lipinski definition) is 12. The van der Waals surface area contributed by atoms with E-state index in [4.69, 9.17) is 11.5 Å². The molecule has 18 nitrogen and oxygen atoms in total. The molecule has 5 heterocycles. The quantitative estimate of drug-likeness (QED) is 0.0661. The minimum absolute atomic E-state index is 0.0114. The summed E-state index contributed by atoms with van der Waals surface area (Å²) < 4.78 is 18.8. The molecule has 430 valence electrons. The number of nitrogens with zero attached hydrogens (tertiary/aromatic N) is 8. The van der Waals surface area contributed by atoms with E-state index >= 15 is 4.39 Å². The highest BCUT2D eigenvalue weighted by molar-refractivity contribution is 6.07. The first-order valence-corrected chi connectivity index (χ1v) is 27.6. The highest BCUT2D eigenvalue weighted by Crippen LogP contribution is 2.26. The molecule has 3 aliphatic rings. The summed E-state index contributed by atoms with van der Waals surface area (Å²) in [6.45, 7) is 13.1. The van der Waals surface area contributed by atoms with Crippen LogP contribution in [0.4, 0.5) is 4.39 Å². The molecule has 6 aromatic rings. The topological polar surface area (TPSA) is 237 Å². The number of likely N-dealkylation sites (tertiary alicyclic amines) is 1. The number of fused-ring (bicyclic) bond motifs is 1. The standard InChI is InChI=1S/C47H51FN8O6.C9H12.C4H9N3.CH3ClO/c1-2-31-6-5-7-34(24-31)35-27-39(47(61)62)43(49-28-35)46(60)55-14-12-32(13-15-55)29-52-16-18-53(19-17-52)30-42(57)54-20-22-56(23-21-54)45(59)38-25-33(10-11-40(38)48)26-41-36-8-3-4-9-37(36)44(58)51-50-41;1-3-9-6-4-5-8(2)7-9;1-7-4(6)2-3-5;1-3-2/h3-11,24-25,27-28,32H,2,12-23,26,29-30H2,1H3,(H,51,58)(H,61,62);4-7H,3H2,1-2H3;2-3H,5H2,1H3,(H2,6,7);1H3/b;;3-2-;. The SMILES string of the molecule is CCc1cccc(-c2cnc(C(=O)N3CCC(CN4CCN(CC(=O)N5CCN(C(=O)c6cc(Cc7n[nH]c(=O)c8ccccc78)ccc6F)CC5)CC4)CC3)c(C(=O)O)c2)c1.CCc1cccc(C)c1.CN=C(N)/C=C\N.COCl. The number of halogens is 2. The predicted octanol–water partition coefficient (Wildman–Crippen LogP) is 7.22. The number of pyridine rings is 1. The van der Waals surface area contributed by atoms with Crippen LogP contribution in [0.15, 0.2) is 125 Å². The maximum atomic E-state index is 15.0. The van der Waals surface area contributed by atoms with Gasteiger partial charge >= 0.3 is 5.97 Å². The number of piperidine rings is 1. The van der Waals surface area contributed by atoms with Gasteiger partial charge in [0.15, 0.2) is 0 Å². The van der Waals surface area contributed by atoms with Gasteiger partial charge in [-0.1, -0.05) is 92.2 Å². The van der Waals surface area contributed by atoms with Gasteiger partial charge in [0.2, 0.25) is 5.91 Å². The van der Waals surface area contributed by atoms with E-state index in [-0.39, 0.29) is 34.2 Å². The molecule has 4 aromatic carbocycles. The number of rotatable bonds is 13. The summed E-state index contributed by atoms with van der Waals surface area (Å²) in [4.78, 5) is 82.5. The van der Waals surface area contributed by atoms with Crippen molar-refractivity contribution in [1.82, 2.24) is 39.7 Å². The summed E-state index contributed by atoms with van der Waals surface area (Å²) in [5.41, 5.74) is 16.4. The molecule has 20 heteroatoms. The highest BCUT2D eigenvalue weighted by Gasteiger charge is 2.31. The van der Waals surface area contributed by atoms with Crippen molar-refractivity contribution in [3.63, 3.8) is 0 Å². The summed E-state index contributed by atoms with van der Waals surface area (Å²) in [7, 11) is 3.00. The summed E-state index contributed by atoms with van der Waals surface area (Å²) in [6.07, 6.45) is 8.39. The lowest BCUT2D eigenvalue weighted by atomic mass is 9.95. The van der Waals surface area contributed by atoms with Gasteiger partial charge in [-0.25, -0.2) is 19.3 Å². The molecular formula is C61H75ClFN11O7. The molecule has 3 aliphatic heterocycles. The lowest BCUT2D eigenvalue weighted by molar-refractivity contribution is -0.134. The van der Waals surface area contributed by atoms with Crippen molar-refractivity contribution >= 4 is 52.2 Å². The molecule has 0 spiro atoms. The summed E-state index contributed by atoms with van der Waals surface area (Å²) >= 11 is 4.50. The molecule has 0 aliphatic carbocycles. The van der Waals surface area contributed by atoms with Gasteiger partial charge in [0.1, 0.15) is 17.3 Å². The van der Waals surface area contributed by atoms with E-state index in [0.29, 0.717) is 91.6 Å². The number of carboxylic acid groups (broad SMARTS) is 1. The predicted molar refractivity (Wildman–Crippen MR) is 316 cm³/mol. The molecular weight excluding hydrogens is 1050 g/mol. The monoisotopic (exact) mass is 1130 g/mol. The van der Waals surface area contributed by atoms with Crippen LogP contribution in [0.3, 0.4) is 0 Å². The Bertz CT molecular complexity index is 3200. The molecule has 3 amide bonds. The summed E-state index contributed by atoms with van der Waals surface area (Å²) in [6, 6.07) is 29.6. The molecule has 0 bridgehead atoms. The number of amides is 3. The molecule has 0 unspecified atom stereocenters. The van der Waals surface area contributed by atoms with Crippen LogP contribution in [0.1, 0.15) is 85.8 Å². The maximum Gasteiger partial charge on any atom is 0.338 e. The fraction of sp³-hybridized carbons (Fsp3) is 0.377. The van der Waals surface area contributed by atoms with Gasteiger partial charge in [-0.15, -0.1) is 0 Å². The molecule has 0 radical (unpaired) electrons. The van der Waals surface area contributed by atoms with E-state index in [1.165, 1.54) is 36.6 Å². The van der Waals surface area contributed by atoms with Crippen molar-refractivity contribution in [2.75, 3.05) is 92.7 Å². The number of hydrogen-bond donors (Lipinski definition) is 4. The number of H-pyrrole nitrogens is 1. The smallest absolute Gasteiger partial charge is 0.338 e. The lowest BCUT2D eigenvalue weighted by Crippen LogP contribution is -2.55. The second kappa shape index (κ2) is 31.2. The normalized spacial score (nSPS) is 15.2. The number of carbonyl (C=O) groups excluding carboxylic acids is 3. The Kier molecular flexibility index (Phi) is 24.0. The first-order chi connectivity index (χ1) is 39.1. The number of aliphatic imine (C=N–C) groups is 1. The molecule has 6 N–H and O–H groups in total. The van der Waals surface area contributed by atoms with E-state index in [9.17, 15) is 29.1 Å². The van der Waals surface area contributed by atoms with Crippen LogP contribution in [0.5, 0.6) is 0 Å². The number of carboxylic acids is 1. The van der Waals surface area contributed by atoms with Crippen LogP contribution >= 0.6 is 11.9 Å². The number of aromatic nitrogens is 3. The number of carbonyl (C=O) groups is 4. The first-order valence-electron chi connectivity index (χ1n) is 27.3. The van der Waals surface area contributed by atoms with Gasteiger partial charge in [-0.2, -0.15) is 5.10 Å². The fourth-order valence-corrected chi connectivity index (χ4v) is 9.96. The number of piperazine rings is 2. The van der Waals surface area contributed by atoms with Crippen LogP contribution in [0.25, 0.3) is 21.9 Å². The Morgan fingerprint density at radius 1 is 0.765 bits per heavy atom. The van der Waals surface area contributed by atoms with E-state index < -0.39 is 17.7 Å². The molecule has 81 heavy (non-hydrogen) atoms. The largest absolute Gasteiger partial charge is 0.478 e. The highest BCUT2D eigenvalue weighted by atomic mass is 35.5. The van der Waals surface area contributed by atoms with Gasteiger partial charge in [-0.3, -0.25) is 33.4 Å². The Morgan fingerprint density at radius 2 is 1.38 bits per heavy atom. The van der Waals surface area contributed by atoms with E-state index in [2.05, 4.69) is 91.2 Å². The number of aromatic carboxylic acids is 1. The fourth-order valence-electron chi connectivity index (χ4n) is 9.96. The van der Waals surface area contributed by atoms with Crippen molar-refractivity contribution in [3.05, 3.63) is 176 Å². The third-order valence-corrected chi connectivity index (χ3v) is 14.6. The number of aryl methyl sites for hydroxylation is 3. The molecule has 2 aromatic heterocycles. The minimum atomic E-state index is -1.18. The van der Waals surface area contributed by atoms with Crippen molar-refractivity contribution in [3.8, 4) is 11.1 Å². The maximum absolute atomic E-state index is 15.0. The van der Waals surface area contributed by atoms with Crippen LogP contribution in [0, 0.1) is 18.7 Å². The Morgan fingerprint density at radius 3 is 1.99 bits per heavy atom. The van der Waals surface area contributed by atoms with E-state index in [0.717, 1.165) is 69.5 Å². The second-order valence-electron chi connectivity index (χ2n) is 20.0. The lowest BCUT2D eigenvalue weighted by Gasteiger charge is -2.40. The zero-order valence-electron chi connectivity index (χ0n) is 47.0. The van der Waals surface area contributed by atoms with Crippen molar-refractivity contribution in [1.29, 1.82) is 0 Å². The molecule has 9 rings (SSSR count). The average Bonchev–Trinajstić information content (AvgIpc) is 3.53. The number of benzene rings is 4. The summed E-state index contributed by atoms with van der Waals surface area (Å²) in [5.74, 6) is -1.71. The third-order valence-electron chi connectivity index (χ3n) is 14.6. The number of amidine groups is 1. The van der Waals surface area contributed by atoms with Crippen LogP contribution in [-0.2, 0) is 28.3 Å². The van der Waals surface area contributed by atoms with Gasteiger partial charge < -0.3 is 36.2 Å². The van der Waals surface area contributed by atoms with Crippen LogP contribution in [-0.4, -0.2) is 167 Å². The second-order valence-corrected chi connectivity index (χ2v) is 20.3. The zero-order chi connectivity index (χ0) is 58.4. The minimum Gasteiger partial charge on any atom is -0.478 e. The molecule has 3 saturated heterocycles. The first kappa shape index (κ1) is 62.4. The van der Waals surface area contributed by atoms with Gasteiger partial charge in [0, 0.05) is 103 Å². The third kappa shape index (κ3) is 17.8. The number of nitrogens with two attached hydrogens (primary N) is 2. The number of nitrogens with one attached hydrogen (secondary N) is 1. The zero-order valence-corrected chi connectivity index (χ0v) is 47.7.